The number of hydrogen-bond donors (Lipinski definition) is 2. The number of fused-ring (bicyclic) bond motifs is 1. The first-order valence-corrected chi connectivity index (χ1v) is 9.88. The fourth-order valence-electron chi connectivity index (χ4n) is 3.04. The molecule has 0 bridgehead atoms. The molecular formula is C20H23Cl2N5O2. The first-order chi connectivity index (χ1) is 13.6. The van der Waals surface area contributed by atoms with Crippen LogP contribution in [0.1, 0.15) is 27.7 Å². The number of halogens is 2. The van der Waals surface area contributed by atoms with Crippen molar-refractivity contribution in [2.24, 2.45) is 0 Å². The van der Waals surface area contributed by atoms with Crippen LogP contribution in [0.3, 0.4) is 0 Å². The van der Waals surface area contributed by atoms with Crippen LogP contribution in [0, 0.1) is 0 Å². The molecule has 0 aliphatic carbocycles. The third-order valence-corrected chi connectivity index (χ3v) is 5.02. The Balaban J connectivity index is 1.95. The number of nitrogens with zero attached hydrogens (tertiary/aromatic N) is 4. The van der Waals surface area contributed by atoms with Crippen molar-refractivity contribution in [1.29, 1.82) is 0 Å². The number of aromatic nitrogens is 3. The molecule has 0 aliphatic rings. The molecule has 1 unspecified atom stereocenters. The molecule has 0 saturated heterocycles. The summed E-state index contributed by atoms with van der Waals surface area (Å²) in [5, 5.41) is 13.9. The molecular weight excluding hydrogens is 413 g/mol. The van der Waals surface area contributed by atoms with E-state index in [1.165, 1.54) is 4.90 Å². The van der Waals surface area contributed by atoms with Crippen LogP contribution in [-0.2, 0) is 0 Å². The van der Waals surface area contributed by atoms with Crippen LogP contribution in [-0.4, -0.2) is 48.6 Å². The third-order valence-electron chi connectivity index (χ3n) is 4.47. The Morgan fingerprint density at radius 1 is 1.31 bits per heavy atom. The molecule has 0 aliphatic heterocycles. The largest absolute Gasteiger partial charge is 0.465 e. The van der Waals surface area contributed by atoms with Gasteiger partial charge in [0, 0.05) is 47.2 Å². The number of imidazole rings is 1. The topological polar surface area (TPSA) is 82.8 Å². The maximum Gasteiger partial charge on any atom is 0.407 e. The summed E-state index contributed by atoms with van der Waals surface area (Å²) in [7, 11) is 0. The van der Waals surface area contributed by atoms with E-state index in [0.29, 0.717) is 33.9 Å². The van der Waals surface area contributed by atoms with Gasteiger partial charge in [-0.25, -0.2) is 14.8 Å². The number of amides is 1. The molecule has 9 heteroatoms. The number of anilines is 1. The Morgan fingerprint density at radius 2 is 2.03 bits per heavy atom. The molecule has 7 nitrogen and oxygen atoms in total. The van der Waals surface area contributed by atoms with Gasteiger partial charge in [-0.1, -0.05) is 23.2 Å². The number of rotatable bonds is 5. The Morgan fingerprint density at radius 3 is 2.66 bits per heavy atom. The average Bonchev–Trinajstić information content (AvgIpc) is 3.07. The van der Waals surface area contributed by atoms with Crippen LogP contribution < -0.4 is 5.32 Å². The lowest BCUT2D eigenvalue weighted by molar-refractivity contribution is 0.0983. The van der Waals surface area contributed by atoms with E-state index < -0.39 is 11.6 Å². The highest BCUT2D eigenvalue weighted by Gasteiger charge is 2.27. The quantitative estimate of drug-likeness (QED) is 0.569. The predicted molar refractivity (Wildman–Crippen MR) is 116 cm³/mol. The molecule has 2 aromatic heterocycles. The maximum absolute atomic E-state index is 11.7. The molecule has 1 aromatic carbocycles. The van der Waals surface area contributed by atoms with Gasteiger partial charge in [-0.05, 0) is 45.9 Å². The van der Waals surface area contributed by atoms with Gasteiger partial charge in [0.05, 0.1) is 10.7 Å². The van der Waals surface area contributed by atoms with Crippen molar-refractivity contribution in [2.75, 3.05) is 11.9 Å². The molecule has 2 heterocycles. The molecule has 2 N–H and O–H groups in total. The summed E-state index contributed by atoms with van der Waals surface area (Å²) in [5.41, 5.74) is 1.56. The third kappa shape index (κ3) is 4.74. The predicted octanol–water partition coefficient (Wildman–Crippen LogP) is 5.28. The van der Waals surface area contributed by atoms with E-state index in [0.717, 1.165) is 5.56 Å². The highest BCUT2D eigenvalue weighted by atomic mass is 35.5. The van der Waals surface area contributed by atoms with Gasteiger partial charge in [-0.2, -0.15) is 0 Å². The summed E-state index contributed by atoms with van der Waals surface area (Å²) in [6.45, 7) is 7.80. The zero-order valence-corrected chi connectivity index (χ0v) is 18.2. The number of benzene rings is 1. The van der Waals surface area contributed by atoms with Crippen molar-refractivity contribution >= 4 is 40.9 Å². The van der Waals surface area contributed by atoms with E-state index in [4.69, 9.17) is 28.2 Å². The lowest BCUT2D eigenvalue weighted by Crippen LogP contribution is -2.49. The first-order valence-electron chi connectivity index (χ1n) is 9.13. The van der Waals surface area contributed by atoms with Crippen LogP contribution in [0.25, 0.3) is 16.9 Å². The molecule has 0 fully saturated rings. The Labute approximate surface area is 179 Å². The summed E-state index contributed by atoms with van der Waals surface area (Å²) >= 11 is 12.4. The minimum absolute atomic E-state index is 0.195. The van der Waals surface area contributed by atoms with E-state index in [-0.39, 0.29) is 6.04 Å². The van der Waals surface area contributed by atoms with E-state index in [9.17, 15) is 9.90 Å². The van der Waals surface area contributed by atoms with E-state index in [2.05, 4.69) is 10.3 Å². The summed E-state index contributed by atoms with van der Waals surface area (Å²) < 4.78 is 1.81. The van der Waals surface area contributed by atoms with Crippen molar-refractivity contribution in [3.63, 3.8) is 0 Å². The van der Waals surface area contributed by atoms with Crippen molar-refractivity contribution in [1.82, 2.24) is 19.3 Å². The highest BCUT2D eigenvalue weighted by molar-refractivity contribution is 6.36. The lowest BCUT2D eigenvalue weighted by atomic mass is 10.1. The Bertz CT molecular complexity index is 1050. The van der Waals surface area contributed by atoms with Gasteiger partial charge in [0.25, 0.3) is 0 Å². The second kappa shape index (κ2) is 8.08. The van der Waals surface area contributed by atoms with Gasteiger partial charge in [0.2, 0.25) is 5.95 Å². The second-order valence-corrected chi connectivity index (χ2v) is 8.70. The highest BCUT2D eigenvalue weighted by Crippen LogP contribution is 2.30. The number of carboxylic acid groups (broad SMARTS) is 1. The summed E-state index contributed by atoms with van der Waals surface area (Å²) in [5.74, 6) is 0.549. The van der Waals surface area contributed by atoms with Crippen LogP contribution >= 0.6 is 23.2 Å². The van der Waals surface area contributed by atoms with Crippen molar-refractivity contribution in [2.45, 2.75) is 39.3 Å². The molecule has 0 radical (unpaired) electrons. The smallest absolute Gasteiger partial charge is 0.407 e. The molecule has 3 rings (SSSR count). The summed E-state index contributed by atoms with van der Waals surface area (Å²) in [6.07, 6.45) is 2.51. The zero-order valence-electron chi connectivity index (χ0n) is 16.6. The van der Waals surface area contributed by atoms with Gasteiger partial charge in [-0.3, -0.25) is 4.40 Å². The summed E-state index contributed by atoms with van der Waals surface area (Å²) in [4.78, 5) is 22.1. The van der Waals surface area contributed by atoms with E-state index >= 15 is 0 Å². The van der Waals surface area contributed by atoms with Crippen molar-refractivity contribution in [3.8, 4) is 11.3 Å². The van der Waals surface area contributed by atoms with Gasteiger partial charge in [-0.15, -0.1) is 0 Å². The zero-order chi connectivity index (χ0) is 21.3. The van der Waals surface area contributed by atoms with Gasteiger partial charge in [0.1, 0.15) is 5.65 Å². The standard InChI is InChI=1S/C20H23Cl2N5O2/c1-12(11-27(19(28)29)20(2,3)4)24-18-25-16(10-17-23-7-8-26(17)18)14-6-5-13(21)9-15(14)22/h5-10,12H,11H2,1-4H3,(H,24,25)(H,28,29). The van der Waals surface area contributed by atoms with Gasteiger partial charge < -0.3 is 15.3 Å². The molecule has 1 atom stereocenters. The normalized spacial score (nSPS) is 12.8. The molecule has 0 spiro atoms. The fourth-order valence-corrected chi connectivity index (χ4v) is 3.54. The van der Waals surface area contributed by atoms with Crippen molar-refractivity contribution in [3.05, 3.63) is 46.7 Å². The van der Waals surface area contributed by atoms with Gasteiger partial charge >= 0.3 is 6.09 Å². The number of hydrogen-bond acceptors (Lipinski definition) is 4. The van der Waals surface area contributed by atoms with E-state index in [1.54, 1.807) is 24.5 Å². The fraction of sp³-hybridized carbons (Fsp3) is 0.350. The van der Waals surface area contributed by atoms with Gasteiger partial charge in [0.15, 0.2) is 0 Å². The Hall–Kier alpha value is -2.51. The molecule has 1 amide bonds. The second-order valence-electron chi connectivity index (χ2n) is 7.85. The minimum atomic E-state index is -0.964. The molecule has 29 heavy (non-hydrogen) atoms. The van der Waals surface area contributed by atoms with Crippen LogP contribution in [0.4, 0.5) is 10.7 Å². The molecule has 0 saturated carbocycles. The summed E-state index contributed by atoms with van der Waals surface area (Å²) in [6, 6.07) is 6.87. The molecule has 154 valence electrons. The monoisotopic (exact) mass is 435 g/mol. The van der Waals surface area contributed by atoms with Crippen molar-refractivity contribution < 1.29 is 9.90 Å². The lowest BCUT2D eigenvalue weighted by Gasteiger charge is -2.35. The Kier molecular flexibility index (Phi) is 5.91. The van der Waals surface area contributed by atoms with Crippen LogP contribution in [0.15, 0.2) is 36.7 Å². The first kappa shape index (κ1) is 21.2. The van der Waals surface area contributed by atoms with Crippen LogP contribution in [0.5, 0.6) is 0 Å². The van der Waals surface area contributed by atoms with Crippen LogP contribution in [0.2, 0.25) is 10.0 Å². The SMILES string of the molecule is CC(CN(C(=O)O)C(C)(C)C)Nc1nc(-c2ccc(Cl)cc2Cl)cc2nccn12. The molecule has 3 aromatic rings. The average molecular weight is 436 g/mol. The van der Waals surface area contributed by atoms with E-state index in [1.807, 2.05) is 44.2 Å². The number of carbonyl (C=O) groups is 1. The maximum atomic E-state index is 11.7. The number of nitrogens with one attached hydrogen (secondary N) is 1. The minimum Gasteiger partial charge on any atom is -0.465 e.